The SMILES string of the molecule is NC(=O)CCN(C(=O)COC(=O)c1c2ccccc2cc2ccccc12)c1ccc(F)cc1. The van der Waals surface area contributed by atoms with Crippen LogP contribution in [-0.4, -0.2) is 30.9 Å². The van der Waals surface area contributed by atoms with E-state index >= 15 is 0 Å². The maximum atomic E-state index is 13.3. The Bertz CT molecular complexity index is 1300. The summed E-state index contributed by atoms with van der Waals surface area (Å²) in [5.41, 5.74) is 5.97. The smallest absolute Gasteiger partial charge is 0.339 e. The molecule has 7 heteroatoms. The van der Waals surface area contributed by atoms with Gasteiger partial charge in [0.15, 0.2) is 6.61 Å². The van der Waals surface area contributed by atoms with Crippen molar-refractivity contribution in [2.45, 2.75) is 6.42 Å². The summed E-state index contributed by atoms with van der Waals surface area (Å²) in [5, 5.41) is 3.20. The van der Waals surface area contributed by atoms with Gasteiger partial charge in [-0.2, -0.15) is 0 Å². The second-order valence-electron chi connectivity index (χ2n) is 7.51. The lowest BCUT2D eigenvalue weighted by atomic mass is 9.97. The van der Waals surface area contributed by atoms with Crippen molar-refractivity contribution in [3.8, 4) is 0 Å². The Morgan fingerprint density at radius 2 is 1.42 bits per heavy atom. The molecule has 0 saturated heterocycles. The predicted molar refractivity (Wildman–Crippen MR) is 124 cm³/mol. The van der Waals surface area contributed by atoms with Crippen LogP contribution in [0.1, 0.15) is 16.8 Å². The Morgan fingerprint density at radius 3 is 2.00 bits per heavy atom. The number of benzene rings is 4. The van der Waals surface area contributed by atoms with Crippen LogP contribution in [0.15, 0.2) is 78.9 Å². The van der Waals surface area contributed by atoms with Gasteiger partial charge in [-0.15, -0.1) is 0 Å². The number of carbonyl (C=O) groups is 3. The van der Waals surface area contributed by atoms with Crippen LogP contribution in [0.3, 0.4) is 0 Å². The number of primary amides is 1. The van der Waals surface area contributed by atoms with E-state index in [-0.39, 0.29) is 13.0 Å². The van der Waals surface area contributed by atoms with Gasteiger partial charge in [0.1, 0.15) is 5.82 Å². The second-order valence-corrected chi connectivity index (χ2v) is 7.51. The molecule has 4 aromatic carbocycles. The molecule has 0 atom stereocenters. The van der Waals surface area contributed by atoms with E-state index in [1.165, 1.54) is 29.2 Å². The number of ether oxygens (including phenoxy) is 1. The lowest BCUT2D eigenvalue weighted by molar-refractivity contribution is -0.121. The van der Waals surface area contributed by atoms with Crippen molar-refractivity contribution in [1.82, 2.24) is 0 Å². The number of nitrogens with zero attached hydrogens (tertiary/aromatic N) is 1. The summed E-state index contributed by atoms with van der Waals surface area (Å²) in [4.78, 5) is 38.5. The number of anilines is 1. The van der Waals surface area contributed by atoms with Crippen molar-refractivity contribution in [1.29, 1.82) is 0 Å². The second kappa shape index (κ2) is 9.48. The highest BCUT2D eigenvalue weighted by Crippen LogP contribution is 2.29. The van der Waals surface area contributed by atoms with Gasteiger partial charge >= 0.3 is 5.97 Å². The zero-order valence-corrected chi connectivity index (χ0v) is 17.7. The van der Waals surface area contributed by atoms with Crippen molar-refractivity contribution in [2.24, 2.45) is 5.73 Å². The fourth-order valence-electron chi connectivity index (χ4n) is 3.75. The number of hydrogen-bond donors (Lipinski definition) is 1. The van der Waals surface area contributed by atoms with Crippen molar-refractivity contribution in [2.75, 3.05) is 18.1 Å². The fraction of sp³-hybridized carbons (Fsp3) is 0.115. The summed E-state index contributed by atoms with van der Waals surface area (Å²) >= 11 is 0. The van der Waals surface area contributed by atoms with Gasteiger partial charge in [-0.1, -0.05) is 48.5 Å². The number of esters is 1. The molecule has 0 fully saturated rings. The molecule has 0 spiro atoms. The van der Waals surface area contributed by atoms with Crippen LogP contribution < -0.4 is 10.6 Å². The minimum Gasteiger partial charge on any atom is -0.452 e. The van der Waals surface area contributed by atoms with Crippen molar-refractivity contribution in [3.05, 3.63) is 90.2 Å². The van der Waals surface area contributed by atoms with Crippen LogP contribution in [0.25, 0.3) is 21.5 Å². The molecule has 0 aliphatic heterocycles. The average Bonchev–Trinajstić information content (AvgIpc) is 2.82. The Balaban J connectivity index is 1.60. The molecule has 0 saturated carbocycles. The summed E-state index contributed by atoms with van der Waals surface area (Å²) < 4.78 is 18.7. The number of hydrogen-bond acceptors (Lipinski definition) is 4. The molecule has 6 nitrogen and oxygen atoms in total. The highest BCUT2D eigenvalue weighted by molar-refractivity contribution is 6.16. The maximum absolute atomic E-state index is 13.3. The third-order valence-electron chi connectivity index (χ3n) is 5.32. The molecule has 0 radical (unpaired) electrons. The largest absolute Gasteiger partial charge is 0.452 e. The number of amides is 2. The minimum absolute atomic E-state index is 0.0193. The average molecular weight is 444 g/mol. The first-order chi connectivity index (χ1) is 15.9. The molecule has 166 valence electrons. The highest BCUT2D eigenvalue weighted by atomic mass is 19.1. The summed E-state index contributed by atoms with van der Waals surface area (Å²) in [6.45, 7) is -0.568. The number of rotatable bonds is 7. The lowest BCUT2D eigenvalue weighted by Gasteiger charge is -2.22. The maximum Gasteiger partial charge on any atom is 0.339 e. The molecule has 0 heterocycles. The van der Waals surface area contributed by atoms with E-state index in [2.05, 4.69) is 0 Å². The number of halogens is 1. The van der Waals surface area contributed by atoms with Crippen LogP contribution in [0.2, 0.25) is 0 Å². The monoisotopic (exact) mass is 444 g/mol. The van der Waals surface area contributed by atoms with Gasteiger partial charge in [-0.3, -0.25) is 9.59 Å². The topological polar surface area (TPSA) is 89.7 Å². The summed E-state index contributed by atoms with van der Waals surface area (Å²) in [6.07, 6.45) is -0.0922. The van der Waals surface area contributed by atoms with E-state index in [0.29, 0.717) is 11.3 Å². The van der Waals surface area contributed by atoms with Crippen LogP contribution in [-0.2, 0) is 14.3 Å². The molecular formula is C26H21FN2O4. The van der Waals surface area contributed by atoms with Gasteiger partial charge in [0.05, 0.1) is 5.56 Å². The van der Waals surface area contributed by atoms with Crippen LogP contribution in [0.4, 0.5) is 10.1 Å². The number of nitrogens with two attached hydrogens (primary N) is 1. The zero-order valence-electron chi connectivity index (χ0n) is 17.7. The van der Waals surface area contributed by atoms with Gasteiger partial charge in [0.25, 0.3) is 5.91 Å². The minimum atomic E-state index is -0.634. The quantitative estimate of drug-likeness (QED) is 0.342. The van der Waals surface area contributed by atoms with Crippen molar-refractivity contribution >= 4 is 45.0 Å². The molecule has 0 aliphatic rings. The third-order valence-corrected chi connectivity index (χ3v) is 5.32. The van der Waals surface area contributed by atoms with Gasteiger partial charge in [-0.05, 0) is 51.9 Å². The molecule has 33 heavy (non-hydrogen) atoms. The third kappa shape index (κ3) is 4.82. The Kier molecular flexibility index (Phi) is 6.31. The van der Waals surface area contributed by atoms with Crippen LogP contribution in [0, 0.1) is 5.82 Å². The molecule has 2 N–H and O–H groups in total. The molecule has 4 rings (SSSR count). The highest BCUT2D eigenvalue weighted by Gasteiger charge is 2.21. The van der Waals surface area contributed by atoms with Gasteiger partial charge < -0.3 is 15.4 Å². The molecule has 4 aromatic rings. The van der Waals surface area contributed by atoms with E-state index < -0.39 is 30.2 Å². The number of carbonyl (C=O) groups excluding carboxylic acids is 3. The molecule has 0 bridgehead atoms. The molecular weight excluding hydrogens is 423 g/mol. The first-order valence-electron chi connectivity index (χ1n) is 10.4. The van der Waals surface area contributed by atoms with Crippen molar-refractivity contribution < 1.29 is 23.5 Å². The first-order valence-corrected chi connectivity index (χ1v) is 10.4. The first kappa shape index (κ1) is 22.0. The van der Waals surface area contributed by atoms with E-state index in [4.69, 9.17) is 10.5 Å². The summed E-state index contributed by atoms with van der Waals surface area (Å²) in [5.74, 6) is -2.24. The van der Waals surface area contributed by atoms with E-state index in [1.807, 2.05) is 54.6 Å². The molecule has 2 amide bonds. The van der Waals surface area contributed by atoms with E-state index in [1.54, 1.807) is 0 Å². The molecule has 0 unspecified atom stereocenters. The molecule has 0 aromatic heterocycles. The zero-order chi connectivity index (χ0) is 23.4. The van der Waals surface area contributed by atoms with Crippen molar-refractivity contribution in [3.63, 3.8) is 0 Å². The normalized spacial score (nSPS) is 10.8. The van der Waals surface area contributed by atoms with Gasteiger partial charge in [0, 0.05) is 18.7 Å². The number of fused-ring (bicyclic) bond motifs is 2. The summed E-state index contributed by atoms with van der Waals surface area (Å²) in [6, 6.07) is 22.1. The lowest BCUT2D eigenvalue weighted by Crippen LogP contribution is -2.37. The Hall–Kier alpha value is -4.26. The van der Waals surface area contributed by atoms with E-state index in [9.17, 15) is 18.8 Å². The van der Waals surface area contributed by atoms with Crippen LogP contribution in [0.5, 0.6) is 0 Å². The Labute approximate surface area is 189 Å². The standard InChI is InChI=1S/C26H21FN2O4/c27-19-9-11-20(12-10-19)29(14-13-23(28)30)24(31)16-33-26(32)25-21-7-3-1-5-17(21)15-18-6-2-4-8-22(18)25/h1-12,15H,13-14,16H2,(H2,28,30). The Morgan fingerprint density at radius 1 is 0.848 bits per heavy atom. The van der Waals surface area contributed by atoms with Gasteiger partial charge in [0.2, 0.25) is 5.91 Å². The molecule has 0 aliphatic carbocycles. The predicted octanol–water partition coefficient (Wildman–Crippen LogP) is 4.20. The van der Waals surface area contributed by atoms with E-state index in [0.717, 1.165) is 21.5 Å². The van der Waals surface area contributed by atoms with Crippen LogP contribution >= 0.6 is 0 Å². The fourth-order valence-corrected chi connectivity index (χ4v) is 3.75. The van der Waals surface area contributed by atoms with Gasteiger partial charge in [-0.25, -0.2) is 9.18 Å². The summed E-state index contributed by atoms with van der Waals surface area (Å²) in [7, 11) is 0.